The van der Waals surface area contributed by atoms with E-state index in [-0.39, 0.29) is 23.6 Å². The molecule has 3 aromatic rings. The van der Waals surface area contributed by atoms with Gasteiger partial charge in [-0.05, 0) is 56.5 Å². The molecule has 0 bridgehead atoms. The summed E-state index contributed by atoms with van der Waals surface area (Å²) in [7, 11) is 0. The van der Waals surface area contributed by atoms with Gasteiger partial charge < -0.3 is 21.8 Å². The summed E-state index contributed by atoms with van der Waals surface area (Å²) in [5.41, 5.74) is 7.93. The van der Waals surface area contributed by atoms with Gasteiger partial charge in [0, 0.05) is 23.9 Å². The van der Waals surface area contributed by atoms with Crippen molar-refractivity contribution in [1.29, 1.82) is 0 Å². The molecule has 0 radical (unpaired) electrons. The number of nitrogens with zero attached hydrogens (tertiary/aromatic N) is 4. The van der Waals surface area contributed by atoms with E-state index in [1.54, 1.807) is 54.4 Å². The largest absolute Gasteiger partial charge is 0.364 e. The Morgan fingerprint density at radius 1 is 1.14 bits per heavy atom. The number of imidazole rings is 1. The number of hydrogen-bond donors (Lipinski definition) is 3. The van der Waals surface area contributed by atoms with Gasteiger partial charge in [0.2, 0.25) is 5.91 Å². The molecule has 0 saturated carbocycles. The maximum atomic E-state index is 12.6. The summed E-state index contributed by atoms with van der Waals surface area (Å²) >= 11 is 0. The standard InChI is InChI=1S/C25H27N7O3/c1-3-5-20(33)31-13-4-6-18(31)24-30-21(22(23(26)34)32(24)27)16-8-10-17(11-9-16)25(35)29-19-12-7-15(2)14-28-19/h3,5,7-12,14,18H,4,6,13,27H2,1-2H3,(H2,26,34)(H,28,29,35)/b5-3+. The van der Waals surface area contributed by atoms with Crippen LogP contribution < -0.4 is 16.9 Å². The molecule has 0 spiro atoms. The topological polar surface area (TPSA) is 149 Å². The third-order valence-corrected chi connectivity index (χ3v) is 5.89. The third kappa shape index (κ3) is 4.77. The maximum Gasteiger partial charge on any atom is 0.269 e. The maximum absolute atomic E-state index is 12.6. The van der Waals surface area contributed by atoms with E-state index in [0.717, 1.165) is 12.0 Å². The minimum atomic E-state index is -0.738. The van der Waals surface area contributed by atoms with Crippen LogP contribution in [0.15, 0.2) is 54.7 Å². The Labute approximate surface area is 202 Å². The average molecular weight is 474 g/mol. The van der Waals surface area contributed by atoms with Gasteiger partial charge >= 0.3 is 0 Å². The Balaban J connectivity index is 1.63. The van der Waals surface area contributed by atoms with Gasteiger partial charge in [-0.3, -0.25) is 14.4 Å². The van der Waals surface area contributed by atoms with E-state index >= 15 is 0 Å². The normalized spacial score (nSPS) is 15.5. The molecule has 1 aliphatic heterocycles. The lowest BCUT2D eigenvalue weighted by atomic mass is 10.1. The summed E-state index contributed by atoms with van der Waals surface area (Å²) in [6.45, 7) is 4.26. The van der Waals surface area contributed by atoms with Crippen molar-refractivity contribution in [1.82, 2.24) is 19.5 Å². The molecule has 1 atom stereocenters. The van der Waals surface area contributed by atoms with E-state index in [2.05, 4.69) is 15.3 Å². The average Bonchev–Trinajstić information content (AvgIpc) is 3.45. The monoisotopic (exact) mass is 473 g/mol. The van der Waals surface area contributed by atoms with Crippen LogP contribution in [0.5, 0.6) is 0 Å². The van der Waals surface area contributed by atoms with Crippen LogP contribution in [-0.2, 0) is 4.79 Å². The number of aryl methyl sites for hydroxylation is 1. The molecule has 1 aliphatic rings. The van der Waals surface area contributed by atoms with Crippen molar-refractivity contribution in [3.05, 3.63) is 77.4 Å². The van der Waals surface area contributed by atoms with Gasteiger partial charge in [0.15, 0.2) is 11.5 Å². The van der Waals surface area contributed by atoms with Crippen molar-refractivity contribution in [3.63, 3.8) is 0 Å². The molecule has 1 saturated heterocycles. The summed E-state index contributed by atoms with van der Waals surface area (Å²) < 4.78 is 1.17. The van der Waals surface area contributed by atoms with E-state index in [0.29, 0.717) is 41.4 Å². The first-order valence-electron chi connectivity index (χ1n) is 11.3. The molecule has 10 heteroatoms. The molecule has 35 heavy (non-hydrogen) atoms. The van der Waals surface area contributed by atoms with E-state index in [1.165, 1.54) is 10.8 Å². The van der Waals surface area contributed by atoms with Gasteiger partial charge in [-0.1, -0.05) is 24.3 Å². The third-order valence-electron chi connectivity index (χ3n) is 5.89. The number of carbonyl (C=O) groups is 3. The first-order valence-corrected chi connectivity index (χ1v) is 11.3. The summed E-state index contributed by atoms with van der Waals surface area (Å²) in [6.07, 6.45) is 6.30. The number of nitrogens with two attached hydrogens (primary N) is 2. The molecule has 5 N–H and O–H groups in total. The van der Waals surface area contributed by atoms with Gasteiger partial charge in [0.25, 0.3) is 11.8 Å². The number of likely N-dealkylation sites (tertiary alicyclic amines) is 1. The number of aromatic nitrogens is 3. The van der Waals surface area contributed by atoms with Crippen LogP contribution in [0, 0.1) is 6.92 Å². The zero-order valence-electron chi connectivity index (χ0n) is 19.6. The van der Waals surface area contributed by atoms with Crippen LogP contribution in [-0.4, -0.2) is 43.8 Å². The number of hydrogen-bond acceptors (Lipinski definition) is 6. The van der Waals surface area contributed by atoms with Crippen molar-refractivity contribution in [2.75, 3.05) is 17.7 Å². The predicted octanol–water partition coefficient (Wildman–Crippen LogP) is 2.56. The van der Waals surface area contributed by atoms with Gasteiger partial charge in [0.1, 0.15) is 11.5 Å². The van der Waals surface area contributed by atoms with Crippen LogP contribution in [0.2, 0.25) is 0 Å². The molecule has 2 aromatic heterocycles. The fraction of sp³-hybridized carbons (Fsp3) is 0.240. The Morgan fingerprint density at radius 2 is 1.89 bits per heavy atom. The molecule has 3 heterocycles. The first-order chi connectivity index (χ1) is 16.8. The van der Waals surface area contributed by atoms with Gasteiger partial charge in [-0.25, -0.2) is 14.6 Å². The van der Waals surface area contributed by atoms with Crippen molar-refractivity contribution in [2.24, 2.45) is 5.73 Å². The number of amides is 3. The number of nitrogen functional groups attached to an aromatic ring is 1. The summed E-state index contributed by atoms with van der Waals surface area (Å²) in [5.74, 6) is 5.89. The lowest BCUT2D eigenvalue weighted by Gasteiger charge is -2.22. The summed E-state index contributed by atoms with van der Waals surface area (Å²) in [5, 5.41) is 2.74. The minimum Gasteiger partial charge on any atom is -0.364 e. The zero-order chi connectivity index (χ0) is 25.1. The molecule has 10 nitrogen and oxygen atoms in total. The van der Waals surface area contributed by atoms with Crippen LogP contribution in [0.1, 0.15) is 58.0 Å². The number of anilines is 1. The number of primary amides is 1. The SMILES string of the molecule is C/C=C/C(=O)N1CCCC1c1nc(-c2ccc(C(=O)Nc3ccc(C)cn3)cc2)c(C(N)=O)n1N. The van der Waals surface area contributed by atoms with Crippen molar-refractivity contribution in [3.8, 4) is 11.3 Å². The van der Waals surface area contributed by atoms with Gasteiger partial charge in [-0.15, -0.1) is 0 Å². The Bertz CT molecular complexity index is 1290. The Kier molecular flexibility index (Phi) is 6.63. The quantitative estimate of drug-likeness (QED) is 0.370. The predicted molar refractivity (Wildman–Crippen MR) is 132 cm³/mol. The number of carbonyl (C=O) groups excluding carboxylic acids is 3. The smallest absolute Gasteiger partial charge is 0.269 e. The molecule has 0 aliphatic carbocycles. The van der Waals surface area contributed by atoms with E-state index < -0.39 is 5.91 Å². The van der Waals surface area contributed by atoms with Gasteiger partial charge in [-0.2, -0.15) is 0 Å². The number of nitrogens with one attached hydrogen (secondary N) is 1. The Morgan fingerprint density at radius 3 is 2.51 bits per heavy atom. The Hall–Kier alpha value is -4.47. The highest BCUT2D eigenvalue weighted by Crippen LogP contribution is 2.34. The molecular weight excluding hydrogens is 446 g/mol. The highest BCUT2D eigenvalue weighted by atomic mass is 16.2. The number of rotatable bonds is 6. The highest BCUT2D eigenvalue weighted by molar-refractivity contribution is 6.04. The lowest BCUT2D eigenvalue weighted by molar-refractivity contribution is -0.127. The molecule has 3 amide bonds. The first kappa shape index (κ1) is 23.7. The fourth-order valence-corrected chi connectivity index (χ4v) is 4.17. The fourth-order valence-electron chi connectivity index (χ4n) is 4.17. The number of benzene rings is 1. The van der Waals surface area contributed by atoms with Crippen molar-refractivity contribution < 1.29 is 14.4 Å². The minimum absolute atomic E-state index is 0.0337. The second-order valence-electron chi connectivity index (χ2n) is 8.34. The summed E-state index contributed by atoms with van der Waals surface area (Å²) in [4.78, 5) is 47.9. The number of allylic oxidation sites excluding steroid dienone is 1. The number of pyridine rings is 1. The molecule has 1 fully saturated rings. The molecular formula is C25H27N7O3. The lowest BCUT2D eigenvalue weighted by Crippen LogP contribution is -2.33. The van der Waals surface area contributed by atoms with Crippen LogP contribution in [0.4, 0.5) is 5.82 Å². The highest BCUT2D eigenvalue weighted by Gasteiger charge is 2.34. The molecule has 4 rings (SSSR count). The van der Waals surface area contributed by atoms with Gasteiger partial charge in [0.05, 0.1) is 6.04 Å². The van der Waals surface area contributed by atoms with E-state index in [1.807, 2.05) is 13.0 Å². The van der Waals surface area contributed by atoms with E-state index in [9.17, 15) is 14.4 Å². The zero-order valence-corrected chi connectivity index (χ0v) is 19.6. The van der Waals surface area contributed by atoms with E-state index in [4.69, 9.17) is 11.6 Å². The second-order valence-corrected chi connectivity index (χ2v) is 8.34. The van der Waals surface area contributed by atoms with Crippen LogP contribution in [0.3, 0.4) is 0 Å². The van der Waals surface area contributed by atoms with Crippen LogP contribution in [0.25, 0.3) is 11.3 Å². The second kappa shape index (κ2) is 9.80. The van der Waals surface area contributed by atoms with Crippen LogP contribution >= 0.6 is 0 Å². The molecule has 1 unspecified atom stereocenters. The van der Waals surface area contributed by atoms with Crippen molar-refractivity contribution in [2.45, 2.75) is 32.7 Å². The molecule has 1 aromatic carbocycles. The molecule has 180 valence electrons. The van der Waals surface area contributed by atoms with Crippen molar-refractivity contribution >= 4 is 23.5 Å². The summed E-state index contributed by atoms with van der Waals surface area (Å²) in [6, 6.07) is 9.80.